The van der Waals surface area contributed by atoms with Crippen LogP contribution < -0.4 is 5.73 Å². The van der Waals surface area contributed by atoms with Gasteiger partial charge in [0.25, 0.3) is 0 Å². The third-order valence-corrected chi connectivity index (χ3v) is 5.02. The van der Waals surface area contributed by atoms with E-state index in [1.807, 2.05) is 42.5 Å². The first-order valence-electron chi connectivity index (χ1n) is 9.59. The smallest absolute Gasteiger partial charge is 0.178 e. The molecule has 6 heterocycles. The molecule has 0 aliphatic carbocycles. The minimum Gasteiger partial charge on any atom is -0.397 e. The number of rotatable bonds is 3. The third kappa shape index (κ3) is 2.87. The monoisotopic (exact) mass is 405 g/mol. The van der Waals surface area contributed by atoms with Gasteiger partial charge in [0.1, 0.15) is 5.52 Å². The van der Waals surface area contributed by atoms with E-state index in [2.05, 4.69) is 35.1 Å². The van der Waals surface area contributed by atoms with Gasteiger partial charge in [0.2, 0.25) is 0 Å². The average Bonchev–Trinajstić information content (AvgIpc) is 3.43. The highest BCUT2D eigenvalue weighted by Crippen LogP contribution is 2.30. The highest BCUT2D eigenvalue weighted by molar-refractivity contribution is 5.94. The van der Waals surface area contributed by atoms with Crippen LogP contribution in [0.25, 0.3) is 56.2 Å². The minimum atomic E-state index is 0.576. The van der Waals surface area contributed by atoms with Crippen LogP contribution in [-0.4, -0.2) is 40.1 Å². The van der Waals surface area contributed by atoms with Gasteiger partial charge < -0.3 is 10.7 Å². The zero-order valence-corrected chi connectivity index (χ0v) is 16.1. The molecule has 0 spiro atoms. The maximum Gasteiger partial charge on any atom is 0.178 e. The number of aromatic nitrogens is 8. The quantitative estimate of drug-likeness (QED) is 0.409. The summed E-state index contributed by atoms with van der Waals surface area (Å²) < 4.78 is 0. The Morgan fingerprint density at radius 1 is 0.871 bits per heavy atom. The Kier molecular flexibility index (Phi) is 3.72. The van der Waals surface area contributed by atoms with Crippen LogP contribution >= 0.6 is 0 Å². The summed E-state index contributed by atoms with van der Waals surface area (Å²) in [4.78, 5) is 25.8. The molecule has 6 aromatic heterocycles. The summed E-state index contributed by atoms with van der Waals surface area (Å²) in [5.74, 6) is 0.576. The molecule has 0 saturated heterocycles. The summed E-state index contributed by atoms with van der Waals surface area (Å²) in [6, 6.07) is 13.4. The second-order valence-electron chi connectivity index (χ2n) is 7.03. The molecular weight excluding hydrogens is 390 g/mol. The number of aromatic amines is 2. The van der Waals surface area contributed by atoms with Crippen molar-refractivity contribution >= 4 is 27.9 Å². The predicted molar refractivity (Wildman–Crippen MR) is 118 cm³/mol. The molecule has 0 aliphatic heterocycles. The van der Waals surface area contributed by atoms with Gasteiger partial charge in [-0.25, -0.2) is 15.0 Å². The molecule has 6 rings (SSSR count). The lowest BCUT2D eigenvalue weighted by atomic mass is 10.1. The molecule has 0 unspecified atom stereocenters. The predicted octanol–water partition coefficient (Wildman–Crippen LogP) is 3.60. The SMILES string of the molecule is Nc1cncc(-c2ccc3[nH]nc(-c4nc5nccc(-c6ccccn6)c5[nH]4)c3n2)c1. The van der Waals surface area contributed by atoms with Crippen molar-refractivity contribution in [3.8, 4) is 34.0 Å². The van der Waals surface area contributed by atoms with Crippen LogP contribution in [0.15, 0.2) is 67.3 Å². The second kappa shape index (κ2) is 6.70. The zero-order chi connectivity index (χ0) is 20.8. The van der Waals surface area contributed by atoms with Crippen LogP contribution in [0.2, 0.25) is 0 Å². The van der Waals surface area contributed by atoms with E-state index >= 15 is 0 Å². The molecule has 0 saturated carbocycles. The standard InChI is InChI=1S/C22H15N9/c23-13-9-12(10-24-11-13)15-4-5-17-19(27-15)20(31-30-17)22-28-18-14(6-8-26-21(18)29-22)16-3-1-2-7-25-16/h1-11H,23H2,(H,30,31)(H,26,28,29). The lowest BCUT2D eigenvalue weighted by molar-refractivity contribution is 1.10. The molecule has 9 nitrogen and oxygen atoms in total. The Hall–Kier alpha value is -4.66. The Morgan fingerprint density at radius 2 is 1.84 bits per heavy atom. The number of H-pyrrole nitrogens is 2. The van der Waals surface area contributed by atoms with Crippen molar-refractivity contribution in [3.63, 3.8) is 0 Å². The fourth-order valence-corrected chi connectivity index (χ4v) is 3.58. The van der Waals surface area contributed by atoms with Gasteiger partial charge in [-0.3, -0.25) is 15.1 Å². The molecule has 6 aromatic rings. The highest BCUT2D eigenvalue weighted by atomic mass is 15.2. The Bertz CT molecular complexity index is 1550. The lowest BCUT2D eigenvalue weighted by Gasteiger charge is -2.02. The van der Waals surface area contributed by atoms with Crippen molar-refractivity contribution in [3.05, 3.63) is 67.3 Å². The van der Waals surface area contributed by atoms with Gasteiger partial charge in [0, 0.05) is 35.9 Å². The number of nitrogens with zero attached hydrogens (tertiary/aromatic N) is 6. The number of fused-ring (bicyclic) bond motifs is 2. The third-order valence-electron chi connectivity index (χ3n) is 5.02. The number of pyridine rings is 4. The van der Waals surface area contributed by atoms with Crippen LogP contribution in [-0.2, 0) is 0 Å². The van der Waals surface area contributed by atoms with Crippen molar-refractivity contribution in [1.82, 2.24) is 40.1 Å². The van der Waals surface area contributed by atoms with E-state index < -0.39 is 0 Å². The van der Waals surface area contributed by atoms with E-state index in [9.17, 15) is 0 Å². The van der Waals surface area contributed by atoms with Crippen molar-refractivity contribution in [2.75, 3.05) is 5.73 Å². The van der Waals surface area contributed by atoms with Crippen LogP contribution in [0.3, 0.4) is 0 Å². The van der Waals surface area contributed by atoms with Crippen molar-refractivity contribution in [2.24, 2.45) is 0 Å². The number of nitrogens with two attached hydrogens (primary N) is 1. The molecule has 9 heteroatoms. The van der Waals surface area contributed by atoms with Gasteiger partial charge in [0.15, 0.2) is 17.2 Å². The van der Waals surface area contributed by atoms with E-state index in [1.54, 1.807) is 24.8 Å². The molecule has 0 bridgehead atoms. The first kappa shape index (κ1) is 17.2. The van der Waals surface area contributed by atoms with E-state index in [1.165, 1.54) is 0 Å². The van der Waals surface area contributed by atoms with Crippen LogP contribution in [0, 0.1) is 0 Å². The minimum absolute atomic E-state index is 0.576. The van der Waals surface area contributed by atoms with Crippen LogP contribution in [0.5, 0.6) is 0 Å². The van der Waals surface area contributed by atoms with Gasteiger partial charge in [-0.1, -0.05) is 6.07 Å². The first-order chi connectivity index (χ1) is 15.3. The maximum absolute atomic E-state index is 5.88. The molecule has 148 valence electrons. The number of hydrogen-bond donors (Lipinski definition) is 3. The topological polar surface area (TPSA) is 135 Å². The molecule has 4 N–H and O–H groups in total. The number of hydrogen-bond acceptors (Lipinski definition) is 7. The number of nitrogen functional groups attached to an aromatic ring is 1. The van der Waals surface area contributed by atoms with Crippen molar-refractivity contribution < 1.29 is 0 Å². The van der Waals surface area contributed by atoms with Gasteiger partial charge >= 0.3 is 0 Å². The zero-order valence-electron chi connectivity index (χ0n) is 16.1. The molecule has 0 amide bonds. The maximum atomic E-state index is 5.88. The molecule has 0 radical (unpaired) electrons. The molecule has 0 fully saturated rings. The largest absolute Gasteiger partial charge is 0.397 e. The summed E-state index contributed by atoms with van der Waals surface area (Å²) in [5, 5.41) is 7.47. The normalized spacial score (nSPS) is 11.4. The number of anilines is 1. The number of imidazole rings is 1. The molecule has 0 aliphatic rings. The molecule has 0 atom stereocenters. The van der Waals surface area contributed by atoms with Crippen LogP contribution in [0.1, 0.15) is 0 Å². The van der Waals surface area contributed by atoms with E-state index in [0.29, 0.717) is 28.4 Å². The van der Waals surface area contributed by atoms with Gasteiger partial charge in [-0.15, -0.1) is 0 Å². The Balaban J connectivity index is 1.51. The van der Waals surface area contributed by atoms with Crippen LogP contribution in [0.4, 0.5) is 5.69 Å². The first-order valence-corrected chi connectivity index (χ1v) is 9.59. The summed E-state index contributed by atoms with van der Waals surface area (Å²) in [5.41, 5.74) is 13.3. The highest BCUT2D eigenvalue weighted by Gasteiger charge is 2.17. The van der Waals surface area contributed by atoms with Gasteiger partial charge in [-0.2, -0.15) is 5.10 Å². The van der Waals surface area contributed by atoms with Crippen molar-refractivity contribution in [1.29, 1.82) is 0 Å². The lowest BCUT2D eigenvalue weighted by Crippen LogP contribution is -1.90. The second-order valence-corrected chi connectivity index (χ2v) is 7.03. The summed E-state index contributed by atoms with van der Waals surface area (Å²) >= 11 is 0. The Labute approximate surface area is 175 Å². The van der Waals surface area contributed by atoms with Gasteiger partial charge in [-0.05, 0) is 36.4 Å². The average molecular weight is 405 g/mol. The summed E-state index contributed by atoms with van der Waals surface area (Å²) in [6.45, 7) is 0. The summed E-state index contributed by atoms with van der Waals surface area (Å²) in [6.07, 6.45) is 6.82. The van der Waals surface area contributed by atoms with Crippen molar-refractivity contribution in [2.45, 2.75) is 0 Å². The fraction of sp³-hybridized carbons (Fsp3) is 0. The molecule has 0 aromatic carbocycles. The van der Waals surface area contributed by atoms with E-state index in [4.69, 9.17) is 10.7 Å². The fourth-order valence-electron chi connectivity index (χ4n) is 3.58. The molecule has 31 heavy (non-hydrogen) atoms. The van der Waals surface area contributed by atoms with Gasteiger partial charge in [0.05, 0.1) is 28.1 Å². The number of nitrogens with one attached hydrogen (secondary N) is 2. The summed E-state index contributed by atoms with van der Waals surface area (Å²) in [7, 11) is 0. The Morgan fingerprint density at radius 3 is 2.71 bits per heavy atom. The molecular formula is C22H15N9. The van der Waals surface area contributed by atoms with E-state index in [0.717, 1.165) is 33.5 Å². The van der Waals surface area contributed by atoms with E-state index in [-0.39, 0.29) is 0 Å².